The van der Waals surface area contributed by atoms with Crippen LogP contribution in [0.25, 0.3) is 6.08 Å². The molecular formula is C11H12N2. The maximum Gasteiger partial charge on any atom is 0.0937 e. The molecule has 0 spiro atoms. The van der Waals surface area contributed by atoms with Crippen LogP contribution in [0.2, 0.25) is 0 Å². The molecule has 0 bridgehead atoms. The van der Waals surface area contributed by atoms with Crippen molar-refractivity contribution in [2.75, 3.05) is 0 Å². The maximum absolute atomic E-state index is 8.86. The van der Waals surface area contributed by atoms with Crippen molar-refractivity contribution in [3.8, 4) is 6.07 Å². The number of rotatable bonds is 2. The fourth-order valence-corrected chi connectivity index (χ4v) is 0.953. The second kappa shape index (κ2) is 3.40. The van der Waals surface area contributed by atoms with Crippen LogP contribution in [0.5, 0.6) is 0 Å². The Bertz CT molecular complexity index is 341. The van der Waals surface area contributed by atoms with Gasteiger partial charge in [0.2, 0.25) is 0 Å². The Morgan fingerprint density at radius 3 is 2.62 bits per heavy atom. The summed E-state index contributed by atoms with van der Waals surface area (Å²) in [6.45, 7) is 7.34. The van der Waals surface area contributed by atoms with Gasteiger partial charge in [0.25, 0.3) is 0 Å². The van der Waals surface area contributed by atoms with Gasteiger partial charge in [-0.05, 0) is 25.5 Å². The summed E-state index contributed by atoms with van der Waals surface area (Å²) in [5.74, 6) is 0. The lowest BCUT2D eigenvalue weighted by Crippen LogP contribution is -2.15. The van der Waals surface area contributed by atoms with Crippen LogP contribution in [0.3, 0.4) is 0 Å². The molecule has 0 radical (unpaired) electrons. The molecule has 0 aliphatic carbocycles. The lowest BCUT2D eigenvalue weighted by Gasteiger charge is -2.13. The van der Waals surface area contributed by atoms with E-state index < -0.39 is 5.41 Å². The van der Waals surface area contributed by atoms with Gasteiger partial charge in [-0.15, -0.1) is 0 Å². The van der Waals surface area contributed by atoms with E-state index in [4.69, 9.17) is 5.26 Å². The molecule has 0 saturated heterocycles. The topological polar surface area (TPSA) is 36.7 Å². The van der Waals surface area contributed by atoms with E-state index in [1.165, 1.54) is 0 Å². The standard InChI is InChI=1S/C11H12N2/c1-4-9-5-6-10(13-7-9)11(2,3)8-12/h4-7H,1H2,2-3H3. The molecule has 0 aliphatic rings. The van der Waals surface area contributed by atoms with Gasteiger partial charge < -0.3 is 0 Å². The second-order valence-electron chi connectivity index (χ2n) is 3.42. The van der Waals surface area contributed by atoms with Crippen LogP contribution >= 0.6 is 0 Å². The average Bonchev–Trinajstić information content (AvgIpc) is 2.18. The maximum atomic E-state index is 8.86. The minimum atomic E-state index is -0.514. The molecule has 0 saturated carbocycles. The molecule has 1 aromatic heterocycles. The number of nitriles is 1. The summed E-state index contributed by atoms with van der Waals surface area (Å²) in [6.07, 6.45) is 3.46. The number of aromatic nitrogens is 1. The van der Waals surface area contributed by atoms with Crippen molar-refractivity contribution in [2.45, 2.75) is 19.3 Å². The average molecular weight is 172 g/mol. The lowest BCUT2D eigenvalue weighted by molar-refractivity contribution is 0.659. The van der Waals surface area contributed by atoms with Crippen molar-refractivity contribution in [3.63, 3.8) is 0 Å². The van der Waals surface area contributed by atoms with Crippen molar-refractivity contribution in [1.82, 2.24) is 4.98 Å². The van der Waals surface area contributed by atoms with Crippen molar-refractivity contribution >= 4 is 6.08 Å². The fourth-order valence-electron chi connectivity index (χ4n) is 0.953. The van der Waals surface area contributed by atoms with Crippen LogP contribution in [0, 0.1) is 11.3 Å². The minimum absolute atomic E-state index is 0.514. The van der Waals surface area contributed by atoms with E-state index in [0.717, 1.165) is 11.3 Å². The SMILES string of the molecule is C=Cc1ccc(C(C)(C)C#N)nc1. The Labute approximate surface area is 78.5 Å². The number of nitrogens with zero attached hydrogens (tertiary/aromatic N) is 2. The predicted molar refractivity (Wildman–Crippen MR) is 53.0 cm³/mol. The first-order valence-corrected chi connectivity index (χ1v) is 4.10. The quantitative estimate of drug-likeness (QED) is 0.687. The Morgan fingerprint density at radius 1 is 1.54 bits per heavy atom. The summed E-state index contributed by atoms with van der Waals surface area (Å²) >= 11 is 0. The second-order valence-corrected chi connectivity index (χ2v) is 3.42. The molecule has 0 amide bonds. The highest BCUT2D eigenvalue weighted by Crippen LogP contribution is 2.19. The van der Waals surface area contributed by atoms with Crippen LogP contribution in [0.15, 0.2) is 24.9 Å². The fraction of sp³-hybridized carbons (Fsp3) is 0.273. The molecule has 0 aliphatic heterocycles. The van der Waals surface area contributed by atoms with Gasteiger partial charge in [-0.3, -0.25) is 4.98 Å². The molecule has 0 fully saturated rings. The summed E-state index contributed by atoms with van der Waals surface area (Å²) in [6, 6.07) is 5.98. The molecule has 2 heteroatoms. The molecule has 1 aromatic rings. The van der Waals surface area contributed by atoms with E-state index in [0.29, 0.717) is 0 Å². The van der Waals surface area contributed by atoms with Crippen molar-refractivity contribution in [3.05, 3.63) is 36.2 Å². The Kier molecular flexibility index (Phi) is 2.48. The third kappa shape index (κ3) is 1.94. The molecule has 0 atom stereocenters. The molecule has 66 valence electrons. The molecule has 0 unspecified atom stereocenters. The van der Waals surface area contributed by atoms with Gasteiger partial charge in [-0.2, -0.15) is 5.26 Å². The van der Waals surface area contributed by atoms with Gasteiger partial charge in [-0.1, -0.05) is 18.7 Å². The van der Waals surface area contributed by atoms with Crippen LogP contribution < -0.4 is 0 Å². The molecule has 0 aromatic carbocycles. The van der Waals surface area contributed by atoms with Crippen molar-refractivity contribution in [1.29, 1.82) is 5.26 Å². The zero-order valence-electron chi connectivity index (χ0n) is 7.91. The Morgan fingerprint density at radius 2 is 2.23 bits per heavy atom. The van der Waals surface area contributed by atoms with Crippen molar-refractivity contribution < 1.29 is 0 Å². The van der Waals surface area contributed by atoms with Crippen molar-refractivity contribution in [2.24, 2.45) is 0 Å². The molecule has 1 rings (SSSR count). The normalized spacial score (nSPS) is 10.5. The monoisotopic (exact) mass is 172 g/mol. The summed E-state index contributed by atoms with van der Waals surface area (Å²) in [4.78, 5) is 4.20. The van der Waals surface area contributed by atoms with Gasteiger partial charge in [0.15, 0.2) is 0 Å². The van der Waals surface area contributed by atoms with E-state index >= 15 is 0 Å². The number of hydrogen-bond acceptors (Lipinski definition) is 2. The largest absolute Gasteiger partial charge is 0.259 e. The summed E-state index contributed by atoms with van der Waals surface area (Å²) in [5.41, 5.74) is 1.25. The highest BCUT2D eigenvalue weighted by Gasteiger charge is 2.20. The number of pyridine rings is 1. The van der Waals surface area contributed by atoms with Gasteiger partial charge in [0.05, 0.1) is 17.2 Å². The predicted octanol–water partition coefficient (Wildman–Crippen LogP) is 2.53. The van der Waals surface area contributed by atoms with Gasteiger partial charge in [0, 0.05) is 6.20 Å². The van der Waals surface area contributed by atoms with E-state index in [1.54, 1.807) is 12.3 Å². The summed E-state index contributed by atoms with van der Waals surface area (Å²) < 4.78 is 0. The highest BCUT2D eigenvalue weighted by molar-refractivity contribution is 5.45. The summed E-state index contributed by atoms with van der Waals surface area (Å²) in [7, 11) is 0. The molecular weight excluding hydrogens is 160 g/mol. The third-order valence-electron chi connectivity index (χ3n) is 1.94. The first kappa shape index (κ1) is 9.47. The minimum Gasteiger partial charge on any atom is -0.259 e. The first-order valence-electron chi connectivity index (χ1n) is 4.10. The molecule has 1 heterocycles. The van der Waals surface area contributed by atoms with Crippen LogP contribution in [-0.2, 0) is 5.41 Å². The lowest BCUT2D eigenvalue weighted by atomic mass is 9.91. The third-order valence-corrected chi connectivity index (χ3v) is 1.94. The van der Waals surface area contributed by atoms with E-state index in [9.17, 15) is 0 Å². The zero-order valence-corrected chi connectivity index (χ0v) is 7.91. The van der Waals surface area contributed by atoms with Gasteiger partial charge >= 0.3 is 0 Å². The van der Waals surface area contributed by atoms with Gasteiger partial charge in [-0.25, -0.2) is 0 Å². The first-order chi connectivity index (χ1) is 6.10. The Balaban J connectivity index is 3.07. The Hall–Kier alpha value is -1.62. The molecule has 13 heavy (non-hydrogen) atoms. The smallest absolute Gasteiger partial charge is 0.0937 e. The van der Waals surface area contributed by atoms with E-state index in [2.05, 4.69) is 17.6 Å². The van der Waals surface area contributed by atoms with E-state index in [1.807, 2.05) is 26.0 Å². The van der Waals surface area contributed by atoms with Crippen LogP contribution in [0.4, 0.5) is 0 Å². The van der Waals surface area contributed by atoms with Crippen LogP contribution in [0.1, 0.15) is 25.1 Å². The van der Waals surface area contributed by atoms with Gasteiger partial charge in [0.1, 0.15) is 0 Å². The van der Waals surface area contributed by atoms with E-state index in [-0.39, 0.29) is 0 Å². The molecule has 0 N–H and O–H groups in total. The zero-order chi connectivity index (χ0) is 9.90. The molecule has 2 nitrogen and oxygen atoms in total. The number of hydrogen-bond donors (Lipinski definition) is 0. The highest BCUT2D eigenvalue weighted by atomic mass is 14.7. The summed E-state index contributed by atoms with van der Waals surface area (Å²) in [5, 5.41) is 8.86. The van der Waals surface area contributed by atoms with Crippen LogP contribution in [-0.4, -0.2) is 4.98 Å².